The highest BCUT2D eigenvalue weighted by molar-refractivity contribution is 9.10. The van der Waals surface area contributed by atoms with Crippen molar-refractivity contribution in [1.82, 2.24) is 15.4 Å². The predicted octanol–water partition coefficient (Wildman–Crippen LogP) is 2.11. The van der Waals surface area contributed by atoms with E-state index in [1.165, 1.54) is 12.1 Å². The van der Waals surface area contributed by atoms with Gasteiger partial charge in [-0.05, 0) is 25.1 Å². The van der Waals surface area contributed by atoms with Crippen molar-refractivity contribution in [3.05, 3.63) is 33.9 Å². The van der Waals surface area contributed by atoms with Crippen LogP contribution in [-0.4, -0.2) is 39.1 Å². The highest BCUT2D eigenvalue weighted by atomic mass is 79.9. The molecule has 2 rings (SSSR count). The van der Waals surface area contributed by atoms with Gasteiger partial charge < -0.3 is 9.84 Å². The van der Waals surface area contributed by atoms with Crippen LogP contribution < -0.4 is 0 Å². The minimum atomic E-state index is -1.07. The third kappa shape index (κ3) is 2.69. The Morgan fingerprint density at radius 1 is 1.40 bits per heavy atom. The van der Waals surface area contributed by atoms with E-state index in [9.17, 15) is 9.59 Å². The zero-order chi connectivity index (χ0) is 14.7. The Morgan fingerprint density at radius 3 is 2.80 bits per heavy atom. The maximum Gasteiger partial charge on any atom is 0.361 e. The highest BCUT2D eigenvalue weighted by Crippen LogP contribution is 2.29. The van der Waals surface area contributed by atoms with Crippen LogP contribution in [0, 0.1) is 0 Å². The third-order valence-corrected chi connectivity index (χ3v) is 3.18. The van der Waals surface area contributed by atoms with Gasteiger partial charge in [0.2, 0.25) is 0 Å². The first kappa shape index (κ1) is 14.2. The molecule has 0 unspecified atom stereocenters. The number of rotatable bonds is 4. The molecule has 1 heterocycles. The molecule has 104 valence electrons. The fraction of sp³-hybridized carbons (Fsp3) is 0.167. The van der Waals surface area contributed by atoms with Crippen molar-refractivity contribution in [2.75, 3.05) is 6.61 Å². The number of carboxylic acid groups (broad SMARTS) is 1. The van der Waals surface area contributed by atoms with Crippen LogP contribution in [0.4, 0.5) is 0 Å². The number of H-pyrrole nitrogens is 1. The fourth-order valence-corrected chi connectivity index (χ4v) is 2.03. The van der Waals surface area contributed by atoms with Gasteiger partial charge in [0.15, 0.2) is 5.69 Å². The Balaban J connectivity index is 2.52. The molecule has 1 aromatic heterocycles. The Labute approximate surface area is 122 Å². The van der Waals surface area contributed by atoms with Crippen molar-refractivity contribution >= 4 is 27.9 Å². The SMILES string of the molecule is CCOC(=O)c1n[nH]nc1-c1cc(C(=O)O)ccc1Br. The average molecular weight is 340 g/mol. The number of carboxylic acids is 1. The Morgan fingerprint density at radius 2 is 2.15 bits per heavy atom. The van der Waals surface area contributed by atoms with E-state index in [4.69, 9.17) is 9.84 Å². The van der Waals surface area contributed by atoms with E-state index in [-0.39, 0.29) is 23.6 Å². The maximum absolute atomic E-state index is 11.8. The summed E-state index contributed by atoms with van der Waals surface area (Å²) in [4.78, 5) is 22.8. The molecular weight excluding hydrogens is 330 g/mol. The second-order valence-electron chi connectivity index (χ2n) is 3.74. The number of carbonyl (C=O) groups excluding carboxylic acids is 1. The molecule has 0 saturated heterocycles. The van der Waals surface area contributed by atoms with Gasteiger partial charge in [0.05, 0.1) is 12.2 Å². The van der Waals surface area contributed by atoms with E-state index in [0.29, 0.717) is 10.0 Å². The molecule has 0 bridgehead atoms. The van der Waals surface area contributed by atoms with Crippen LogP contribution in [0.25, 0.3) is 11.3 Å². The fourth-order valence-electron chi connectivity index (χ4n) is 1.60. The van der Waals surface area contributed by atoms with Crippen LogP contribution in [0.15, 0.2) is 22.7 Å². The molecule has 0 aliphatic rings. The summed E-state index contributed by atoms with van der Waals surface area (Å²) >= 11 is 3.30. The van der Waals surface area contributed by atoms with E-state index in [1.807, 2.05) is 0 Å². The number of hydrogen-bond donors (Lipinski definition) is 2. The van der Waals surface area contributed by atoms with E-state index in [2.05, 4.69) is 31.3 Å². The van der Waals surface area contributed by atoms with Crippen molar-refractivity contribution < 1.29 is 19.4 Å². The number of aromatic nitrogens is 3. The predicted molar refractivity (Wildman–Crippen MR) is 72.4 cm³/mol. The van der Waals surface area contributed by atoms with Gasteiger partial charge in [-0.1, -0.05) is 15.9 Å². The molecule has 0 atom stereocenters. The van der Waals surface area contributed by atoms with Gasteiger partial charge in [0, 0.05) is 10.0 Å². The molecule has 2 N–H and O–H groups in total. The average Bonchev–Trinajstić information content (AvgIpc) is 2.88. The molecule has 0 radical (unpaired) electrons. The van der Waals surface area contributed by atoms with Gasteiger partial charge in [-0.3, -0.25) is 0 Å². The van der Waals surface area contributed by atoms with E-state index >= 15 is 0 Å². The van der Waals surface area contributed by atoms with Crippen LogP contribution in [0.5, 0.6) is 0 Å². The summed E-state index contributed by atoms with van der Waals surface area (Å²) in [6, 6.07) is 4.43. The first-order valence-corrected chi connectivity index (χ1v) is 6.45. The number of halogens is 1. The number of aromatic amines is 1. The Bertz CT molecular complexity index is 668. The minimum absolute atomic E-state index is 0.00934. The summed E-state index contributed by atoms with van der Waals surface area (Å²) in [6.45, 7) is 1.89. The van der Waals surface area contributed by atoms with Crippen LogP contribution in [-0.2, 0) is 4.74 Å². The number of aromatic carboxylic acids is 1. The number of nitrogens with zero attached hydrogens (tertiary/aromatic N) is 2. The molecular formula is C12H10BrN3O4. The lowest BCUT2D eigenvalue weighted by molar-refractivity contribution is 0.0520. The Hall–Kier alpha value is -2.22. The van der Waals surface area contributed by atoms with Crippen molar-refractivity contribution in [3.63, 3.8) is 0 Å². The third-order valence-electron chi connectivity index (χ3n) is 2.49. The molecule has 0 aliphatic heterocycles. The number of esters is 1. The van der Waals surface area contributed by atoms with Crippen molar-refractivity contribution in [2.45, 2.75) is 6.92 Å². The van der Waals surface area contributed by atoms with E-state index in [0.717, 1.165) is 0 Å². The molecule has 0 amide bonds. The first-order chi connectivity index (χ1) is 9.54. The smallest absolute Gasteiger partial charge is 0.361 e. The summed E-state index contributed by atoms with van der Waals surface area (Å²) in [7, 11) is 0. The molecule has 8 heteroatoms. The molecule has 1 aromatic carbocycles. The number of carbonyl (C=O) groups is 2. The highest BCUT2D eigenvalue weighted by Gasteiger charge is 2.21. The van der Waals surface area contributed by atoms with Crippen LogP contribution in [0.2, 0.25) is 0 Å². The molecule has 0 fully saturated rings. The van der Waals surface area contributed by atoms with Gasteiger partial charge in [0.25, 0.3) is 0 Å². The summed E-state index contributed by atoms with van der Waals surface area (Å²) in [6.07, 6.45) is 0. The summed E-state index contributed by atoms with van der Waals surface area (Å²) in [5.41, 5.74) is 0.774. The van der Waals surface area contributed by atoms with E-state index in [1.54, 1.807) is 13.0 Å². The van der Waals surface area contributed by atoms with Crippen LogP contribution >= 0.6 is 15.9 Å². The summed E-state index contributed by atoms with van der Waals surface area (Å²) < 4.78 is 5.47. The first-order valence-electron chi connectivity index (χ1n) is 5.65. The number of hydrogen-bond acceptors (Lipinski definition) is 5. The molecule has 0 spiro atoms. The van der Waals surface area contributed by atoms with Gasteiger partial charge >= 0.3 is 11.9 Å². The number of nitrogens with one attached hydrogen (secondary N) is 1. The summed E-state index contributed by atoms with van der Waals surface area (Å²) in [5.74, 6) is -1.69. The largest absolute Gasteiger partial charge is 0.478 e. The van der Waals surface area contributed by atoms with Gasteiger partial charge in [0.1, 0.15) is 5.69 Å². The van der Waals surface area contributed by atoms with Gasteiger partial charge in [-0.25, -0.2) is 9.59 Å². The quantitative estimate of drug-likeness (QED) is 0.826. The van der Waals surface area contributed by atoms with Crippen molar-refractivity contribution in [3.8, 4) is 11.3 Å². The van der Waals surface area contributed by atoms with Crippen LogP contribution in [0.3, 0.4) is 0 Å². The zero-order valence-corrected chi connectivity index (χ0v) is 12.0. The lowest BCUT2D eigenvalue weighted by atomic mass is 10.1. The number of benzene rings is 1. The van der Waals surface area contributed by atoms with Crippen molar-refractivity contribution in [1.29, 1.82) is 0 Å². The van der Waals surface area contributed by atoms with Crippen LogP contribution in [0.1, 0.15) is 27.8 Å². The van der Waals surface area contributed by atoms with Gasteiger partial charge in [-0.15, -0.1) is 5.10 Å². The normalized spacial score (nSPS) is 10.3. The molecule has 0 saturated carbocycles. The monoisotopic (exact) mass is 339 g/mol. The van der Waals surface area contributed by atoms with Gasteiger partial charge in [-0.2, -0.15) is 10.3 Å². The second kappa shape index (κ2) is 5.83. The topological polar surface area (TPSA) is 105 Å². The van der Waals surface area contributed by atoms with Crippen molar-refractivity contribution in [2.24, 2.45) is 0 Å². The molecule has 7 nitrogen and oxygen atoms in total. The molecule has 2 aromatic rings. The molecule has 0 aliphatic carbocycles. The summed E-state index contributed by atoms with van der Waals surface area (Å²) in [5, 5.41) is 19.0. The zero-order valence-electron chi connectivity index (χ0n) is 10.4. The Kier molecular flexibility index (Phi) is 4.14. The minimum Gasteiger partial charge on any atom is -0.478 e. The maximum atomic E-state index is 11.8. The second-order valence-corrected chi connectivity index (χ2v) is 4.60. The lowest BCUT2D eigenvalue weighted by Crippen LogP contribution is -2.07. The molecule has 20 heavy (non-hydrogen) atoms. The van der Waals surface area contributed by atoms with E-state index < -0.39 is 11.9 Å². The lowest BCUT2D eigenvalue weighted by Gasteiger charge is -2.05. The standard InChI is InChI=1S/C12H10BrN3O4/c1-2-20-12(19)10-9(14-16-15-10)7-5-6(11(17)18)3-4-8(7)13/h3-5H,2H2,1H3,(H,17,18)(H,14,15,16). The number of ether oxygens (including phenoxy) is 1.